The van der Waals surface area contributed by atoms with Crippen molar-refractivity contribution in [2.75, 3.05) is 6.26 Å². The lowest BCUT2D eigenvalue weighted by Gasteiger charge is -2.10. The fourth-order valence-corrected chi connectivity index (χ4v) is 5.21. The number of hydrogen-bond acceptors (Lipinski definition) is 4. The third-order valence-electron chi connectivity index (χ3n) is 3.45. The van der Waals surface area contributed by atoms with Crippen LogP contribution in [0, 0.1) is 5.92 Å². The molecule has 1 atom stereocenters. The lowest BCUT2D eigenvalue weighted by atomic mass is 10.1. The maximum atomic E-state index is 12.4. The normalized spacial score (nSPS) is 18.6. The van der Waals surface area contributed by atoms with Crippen LogP contribution in [0.4, 0.5) is 0 Å². The first-order valence-corrected chi connectivity index (χ1v) is 10.3. The summed E-state index contributed by atoms with van der Waals surface area (Å²) in [4.78, 5) is 14.0. The first kappa shape index (κ1) is 16.9. The molecule has 0 spiro atoms. The zero-order valence-corrected chi connectivity index (χ0v) is 13.8. The van der Waals surface area contributed by atoms with E-state index < -0.39 is 19.9 Å². The monoisotopic (exact) mass is 345 g/mol. The van der Waals surface area contributed by atoms with Crippen molar-refractivity contribution in [1.29, 1.82) is 0 Å². The van der Waals surface area contributed by atoms with E-state index in [4.69, 9.17) is 0 Å². The number of carbonyl (C=O) groups excluding carboxylic acids is 1. The van der Waals surface area contributed by atoms with E-state index in [0.29, 0.717) is 4.90 Å². The second kappa shape index (κ2) is 6.76. The lowest BCUT2D eigenvalue weighted by molar-refractivity contribution is -0.125. The lowest BCUT2D eigenvalue weighted by Crippen LogP contribution is -2.43. The van der Waals surface area contributed by atoms with E-state index in [0.717, 1.165) is 25.7 Å². The predicted octanol–water partition coefficient (Wildman–Crippen LogP) is 1.20. The molecule has 2 N–H and O–H groups in total. The van der Waals surface area contributed by atoms with Crippen LogP contribution in [0.2, 0.25) is 0 Å². The van der Waals surface area contributed by atoms with Crippen LogP contribution in [-0.4, -0.2) is 24.8 Å². The minimum absolute atomic E-state index is 0.178. The highest BCUT2D eigenvalue weighted by Crippen LogP contribution is 2.24. The number of hydrogen-bond donors (Lipinski definition) is 2. The number of nitrogens with zero attached hydrogens (tertiary/aromatic N) is 1. The molecule has 1 aliphatic carbocycles. The third-order valence-corrected chi connectivity index (χ3v) is 6.88. The summed E-state index contributed by atoms with van der Waals surface area (Å²) in [5, 5.41) is 0. The van der Waals surface area contributed by atoms with Gasteiger partial charge in [-0.25, -0.2) is 4.21 Å². The van der Waals surface area contributed by atoms with Crippen LogP contribution in [-0.2, 0) is 24.7 Å². The number of rotatable bonds is 5. The van der Waals surface area contributed by atoms with Crippen LogP contribution in [0.1, 0.15) is 25.7 Å². The Morgan fingerprint density at radius 1 is 1.14 bits per heavy atom. The summed E-state index contributed by atoms with van der Waals surface area (Å²) in [6, 6.07) is 8.11. The molecule has 1 aliphatic rings. The fraction of sp³-hybridized carbons (Fsp3) is 0.462. The maximum absolute atomic E-state index is 12.4. The molecule has 0 heterocycles. The van der Waals surface area contributed by atoms with Gasteiger partial charge in [0.25, 0.3) is 0 Å². The highest BCUT2D eigenvalue weighted by Gasteiger charge is 2.24. The van der Waals surface area contributed by atoms with Crippen LogP contribution >= 0.6 is 0 Å². The van der Waals surface area contributed by atoms with E-state index in [9.17, 15) is 17.4 Å². The van der Waals surface area contributed by atoms with Crippen LogP contribution in [0.15, 0.2) is 39.0 Å². The van der Waals surface area contributed by atoms with Gasteiger partial charge in [-0.05, 0) is 25.0 Å². The highest BCUT2D eigenvalue weighted by molar-refractivity contribution is 8.02. The van der Waals surface area contributed by atoms with Crippen molar-refractivity contribution < 1.29 is 17.4 Å². The van der Waals surface area contributed by atoms with Crippen molar-refractivity contribution in [3.05, 3.63) is 30.3 Å². The molecule has 0 radical (unpaired) electrons. The molecule has 0 saturated heterocycles. The molecule has 0 aromatic heterocycles. The summed E-state index contributed by atoms with van der Waals surface area (Å²) in [7, 11) is -7.36. The number of benzene rings is 1. The summed E-state index contributed by atoms with van der Waals surface area (Å²) >= 11 is 0. The Bertz CT molecular complexity index is 747. The molecule has 0 bridgehead atoms. The Balaban J connectivity index is 2.08. The average Bonchev–Trinajstić information content (AvgIpc) is 2.99. The average molecular weight is 345 g/mol. The molecule has 2 rings (SSSR count). The van der Waals surface area contributed by atoms with Crippen LogP contribution in [0.5, 0.6) is 0 Å². The minimum atomic E-state index is -4.24. The highest BCUT2D eigenvalue weighted by atomic mass is 32.3. The van der Waals surface area contributed by atoms with Crippen molar-refractivity contribution in [1.82, 2.24) is 10.3 Å². The van der Waals surface area contributed by atoms with E-state index >= 15 is 0 Å². The number of nitrogens with one attached hydrogen (secondary N) is 2. The number of hydrazine groups is 1. The van der Waals surface area contributed by atoms with Gasteiger partial charge in [0.2, 0.25) is 5.91 Å². The fourth-order valence-electron chi connectivity index (χ4n) is 2.33. The first-order chi connectivity index (χ1) is 10.3. The molecule has 1 fully saturated rings. The Morgan fingerprint density at radius 2 is 1.73 bits per heavy atom. The minimum Gasteiger partial charge on any atom is -0.276 e. The Labute approximate surface area is 130 Å². The number of carbonyl (C=O) groups is 1. The second-order valence-corrected chi connectivity index (χ2v) is 9.06. The smallest absolute Gasteiger partial charge is 0.276 e. The molecule has 1 amide bonds. The zero-order chi connectivity index (χ0) is 16.2. The van der Waals surface area contributed by atoms with Crippen LogP contribution in [0.25, 0.3) is 0 Å². The van der Waals surface area contributed by atoms with Crippen molar-refractivity contribution in [3.8, 4) is 0 Å². The molecule has 1 saturated carbocycles. The molecule has 1 unspecified atom stereocenters. The van der Waals surface area contributed by atoms with Gasteiger partial charge in [0.15, 0.2) is 0 Å². The summed E-state index contributed by atoms with van der Waals surface area (Å²) < 4.78 is 39.5. The van der Waals surface area contributed by atoms with Gasteiger partial charge in [0.05, 0.1) is 9.73 Å². The molecule has 1 aromatic rings. The van der Waals surface area contributed by atoms with Crippen molar-refractivity contribution in [3.63, 3.8) is 0 Å². The Kier molecular flexibility index (Phi) is 5.20. The largest absolute Gasteiger partial charge is 0.344 e. The standard InChI is InChI=1S/C13H19N3O4S2/c1-21(18,12-9-3-2-4-10-12)16-22(19,20)15-14-13(17)11-7-5-6-8-11/h2-4,9-11,15H,5-8H2,1H3,(H,14,17). The molecule has 122 valence electrons. The quantitative estimate of drug-likeness (QED) is 0.782. The topological polar surface area (TPSA) is 105 Å². The summed E-state index contributed by atoms with van der Waals surface area (Å²) in [5.74, 6) is -0.554. The molecule has 22 heavy (non-hydrogen) atoms. The molecule has 0 aliphatic heterocycles. The van der Waals surface area contributed by atoms with E-state index in [1.54, 1.807) is 30.3 Å². The third kappa shape index (κ3) is 4.52. The van der Waals surface area contributed by atoms with Crippen molar-refractivity contribution >= 4 is 25.8 Å². The SMILES string of the molecule is CS(=O)(=NS(=O)(=O)NNC(=O)C1CCCC1)c1ccccc1. The zero-order valence-electron chi connectivity index (χ0n) is 12.2. The van der Waals surface area contributed by atoms with Gasteiger partial charge in [-0.3, -0.25) is 10.2 Å². The number of amides is 1. The van der Waals surface area contributed by atoms with Gasteiger partial charge < -0.3 is 0 Å². The molecule has 1 aromatic carbocycles. The Hall–Kier alpha value is -1.45. The molecule has 9 heteroatoms. The van der Waals surface area contributed by atoms with Crippen LogP contribution in [0.3, 0.4) is 0 Å². The summed E-state index contributed by atoms with van der Waals surface area (Å²) in [5.41, 5.74) is 2.14. The molecular formula is C13H19N3O4S2. The van der Waals surface area contributed by atoms with E-state index in [-0.39, 0.29) is 11.8 Å². The molecule has 7 nitrogen and oxygen atoms in total. The van der Waals surface area contributed by atoms with Gasteiger partial charge in [0, 0.05) is 17.1 Å². The van der Waals surface area contributed by atoms with E-state index in [1.807, 2.05) is 4.83 Å². The van der Waals surface area contributed by atoms with Gasteiger partial charge in [-0.15, -0.1) is 4.83 Å². The Morgan fingerprint density at radius 3 is 2.32 bits per heavy atom. The maximum Gasteiger partial charge on any atom is 0.344 e. The van der Waals surface area contributed by atoms with Crippen molar-refractivity contribution in [2.24, 2.45) is 9.69 Å². The summed E-state index contributed by atoms with van der Waals surface area (Å²) in [6.07, 6.45) is 4.66. The summed E-state index contributed by atoms with van der Waals surface area (Å²) in [6.45, 7) is 0. The van der Waals surface area contributed by atoms with Gasteiger partial charge in [-0.2, -0.15) is 8.42 Å². The second-order valence-electron chi connectivity index (χ2n) is 5.24. The van der Waals surface area contributed by atoms with E-state index in [2.05, 4.69) is 9.19 Å². The first-order valence-electron chi connectivity index (χ1n) is 6.90. The van der Waals surface area contributed by atoms with Crippen LogP contribution < -0.4 is 10.3 Å². The molecular weight excluding hydrogens is 326 g/mol. The van der Waals surface area contributed by atoms with Gasteiger partial charge >= 0.3 is 10.2 Å². The van der Waals surface area contributed by atoms with Crippen molar-refractivity contribution in [2.45, 2.75) is 30.6 Å². The predicted molar refractivity (Wildman–Crippen MR) is 83.4 cm³/mol. The van der Waals surface area contributed by atoms with E-state index in [1.165, 1.54) is 6.26 Å². The van der Waals surface area contributed by atoms with Gasteiger partial charge in [0.1, 0.15) is 0 Å². The van der Waals surface area contributed by atoms with Gasteiger partial charge in [-0.1, -0.05) is 34.8 Å².